The second-order valence-corrected chi connectivity index (χ2v) is 7.81. The van der Waals surface area contributed by atoms with Crippen LogP contribution in [0.2, 0.25) is 0 Å². The zero-order valence-corrected chi connectivity index (χ0v) is 18.4. The Morgan fingerprint density at radius 2 is 2.06 bits per heavy atom. The van der Waals surface area contributed by atoms with E-state index in [1.165, 1.54) is 6.07 Å². The van der Waals surface area contributed by atoms with E-state index >= 15 is 4.39 Å². The molecule has 0 saturated heterocycles. The minimum atomic E-state index is -0.504. The molecule has 0 aliphatic rings. The number of nitrogens with one attached hydrogen (secondary N) is 1. The predicted molar refractivity (Wildman–Crippen MR) is 122 cm³/mol. The number of halogens is 1. The van der Waals surface area contributed by atoms with Crippen LogP contribution in [-0.2, 0) is 13.0 Å². The highest BCUT2D eigenvalue weighted by atomic mass is 19.1. The molecule has 31 heavy (non-hydrogen) atoms. The molecule has 10 heteroatoms. The summed E-state index contributed by atoms with van der Waals surface area (Å²) >= 11 is 0. The van der Waals surface area contributed by atoms with Crippen LogP contribution in [0.4, 0.5) is 10.1 Å². The van der Waals surface area contributed by atoms with Crippen molar-refractivity contribution in [1.82, 2.24) is 15.0 Å². The van der Waals surface area contributed by atoms with Gasteiger partial charge < -0.3 is 15.6 Å². The molecule has 1 aromatic carbocycles. The molecule has 0 aliphatic carbocycles. The fraction of sp³-hybridized carbons (Fsp3) is 0.476. The van der Waals surface area contributed by atoms with E-state index in [9.17, 15) is 0 Å². The Morgan fingerprint density at radius 3 is 2.68 bits per heavy atom. The van der Waals surface area contributed by atoms with Crippen molar-refractivity contribution in [1.29, 1.82) is 5.41 Å². The van der Waals surface area contributed by atoms with Crippen LogP contribution in [0.1, 0.15) is 44.0 Å². The van der Waals surface area contributed by atoms with Gasteiger partial charge in [0.2, 0.25) is 0 Å². The van der Waals surface area contributed by atoms with E-state index in [1.807, 2.05) is 30.0 Å². The summed E-state index contributed by atoms with van der Waals surface area (Å²) in [6.07, 6.45) is 3.18. The normalized spacial score (nSPS) is 11.5. The fourth-order valence-corrected chi connectivity index (χ4v) is 3.40. The van der Waals surface area contributed by atoms with Gasteiger partial charge in [-0.05, 0) is 48.6 Å². The molecule has 1 heterocycles. The predicted octanol–water partition coefficient (Wildman–Crippen LogP) is 3.27. The minimum Gasteiger partial charge on any atom is -0.370 e. The maximum absolute atomic E-state index is 15.1. The highest BCUT2D eigenvalue weighted by Gasteiger charge is 2.21. The van der Waals surface area contributed by atoms with Crippen LogP contribution >= 0.6 is 0 Å². The molecule has 2 aromatic rings. The molecule has 164 valence electrons. The van der Waals surface area contributed by atoms with Gasteiger partial charge in [-0.1, -0.05) is 26.0 Å². The number of benzene rings is 1. The number of hydrogen-bond acceptors (Lipinski definition) is 6. The molecule has 0 bridgehead atoms. The van der Waals surface area contributed by atoms with Crippen molar-refractivity contribution >= 4 is 19.5 Å². The highest BCUT2D eigenvalue weighted by molar-refractivity contribution is 6.04. The quantitative estimate of drug-likeness (QED) is 0.144. The Balaban J connectivity index is 2.31. The molecule has 0 aliphatic heterocycles. The Labute approximate surface area is 184 Å². The van der Waals surface area contributed by atoms with Crippen molar-refractivity contribution in [3.63, 3.8) is 0 Å². The van der Waals surface area contributed by atoms with Gasteiger partial charge in [-0.25, -0.2) is 4.39 Å². The largest absolute Gasteiger partial charge is 0.370 e. The first-order valence-electron chi connectivity index (χ1n) is 10.4. The van der Waals surface area contributed by atoms with Crippen LogP contribution in [0.15, 0.2) is 40.8 Å². The maximum Gasteiger partial charge on any atom is 0.183 e. The molecule has 8 nitrogen and oxygen atoms in total. The summed E-state index contributed by atoms with van der Waals surface area (Å²) in [6, 6.07) is 7.07. The summed E-state index contributed by atoms with van der Waals surface area (Å²) in [5.74, 6) is 4.67. The van der Waals surface area contributed by atoms with Gasteiger partial charge in [0, 0.05) is 32.4 Å². The number of nitrogens with zero attached hydrogens (tertiary/aromatic N) is 6. The van der Waals surface area contributed by atoms with Gasteiger partial charge in [0.25, 0.3) is 0 Å². The molecule has 0 fully saturated rings. The lowest BCUT2D eigenvalue weighted by Gasteiger charge is -2.29. The molecule has 0 atom stereocenters. The Hall–Kier alpha value is -2.88. The van der Waals surface area contributed by atoms with Gasteiger partial charge in [0.1, 0.15) is 5.82 Å². The number of rotatable bonds is 11. The van der Waals surface area contributed by atoms with Crippen molar-refractivity contribution < 1.29 is 4.39 Å². The number of nitrogens with two attached hydrogens (primary N) is 1. The second-order valence-electron chi connectivity index (χ2n) is 7.81. The second kappa shape index (κ2) is 12.1. The fourth-order valence-electron chi connectivity index (χ4n) is 3.40. The van der Waals surface area contributed by atoms with E-state index in [-0.39, 0.29) is 11.4 Å². The molecule has 0 spiro atoms. The van der Waals surface area contributed by atoms with E-state index in [1.54, 1.807) is 11.0 Å². The van der Waals surface area contributed by atoms with Crippen LogP contribution in [-0.4, -0.2) is 48.5 Å². The molecular formula is C21H30BFN8. The molecular weight excluding hydrogens is 394 g/mol. The average molecular weight is 424 g/mol. The zero-order chi connectivity index (χ0) is 22.8. The lowest BCUT2D eigenvalue weighted by molar-refractivity contribution is 0.442. The first kappa shape index (κ1) is 24.4. The molecule has 1 aromatic heterocycles. The van der Waals surface area contributed by atoms with Crippen molar-refractivity contribution in [2.75, 3.05) is 24.5 Å². The van der Waals surface area contributed by atoms with E-state index in [4.69, 9.17) is 19.2 Å². The Kier molecular flexibility index (Phi) is 9.52. The summed E-state index contributed by atoms with van der Waals surface area (Å²) in [6.45, 7) is 8.37. The average Bonchev–Trinajstić information content (AvgIpc) is 2.71. The van der Waals surface area contributed by atoms with Gasteiger partial charge in [-0.15, -0.1) is 5.11 Å². The number of aromatic nitrogens is 2. The molecule has 0 saturated carbocycles. The molecule has 3 N–H and O–H groups in total. The van der Waals surface area contributed by atoms with Crippen molar-refractivity contribution in [3.05, 3.63) is 53.1 Å². The van der Waals surface area contributed by atoms with Crippen LogP contribution in [0.25, 0.3) is 0 Å². The van der Waals surface area contributed by atoms with E-state index in [0.717, 1.165) is 24.1 Å². The van der Waals surface area contributed by atoms with E-state index < -0.39 is 5.82 Å². The van der Waals surface area contributed by atoms with Gasteiger partial charge in [-0.3, -0.25) is 5.41 Å². The lowest BCUT2D eigenvalue weighted by atomic mass is 9.98. The summed E-state index contributed by atoms with van der Waals surface area (Å²) < 4.78 is 15.1. The Bertz CT molecular complexity index is 875. The van der Waals surface area contributed by atoms with E-state index in [0.29, 0.717) is 37.8 Å². The molecule has 2 radical (unpaired) electrons. The summed E-state index contributed by atoms with van der Waals surface area (Å²) in [4.78, 5) is 3.67. The van der Waals surface area contributed by atoms with Crippen LogP contribution in [0.3, 0.4) is 0 Å². The third kappa shape index (κ3) is 7.39. The van der Waals surface area contributed by atoms with Gasteiger partial charge in [0.15, 0.2) is 13.8 Å². The third-order valence-corrected chi connectivity index (χ3v) is 4.65. The third-order valence-electron chi connectivity index (χ3n) is 4.65. The van der Waals surface area contributed by atoms with Crippen molar-refractivity contribution in [2.45, 2.75) is 40.2 Å². The number of anilines is 1. The van der Waals surface area contributed by atoms with Crippen molar-refractivity contribution in [3.8, 4) is 0 Å². The van der Waals surface area contributed by atoms with Gasteiger partial charge in [0.05, 0.1) is 16.9 Å². The number of amidine groups is 1. The standard InChI is InChI=1S/C21H30BFN8/c1-4-8-30(9-10-31(22)14-17-6-5-7-26-27-17)19-13-16(11-15(2)3)12-18(23)20(19)21(24)28-29-25/h5-7,12-13,15H,4,8-11,14H2,1-3H3,(H3,24,25,28). The summed E-state index contributed by atoms with van der Waals surface area (Å²) in [5, 5.41) is 22.8. The smallest absolute Gasteiger partial charge is 0.183 e. The van der Waals surface area contributed by atoms with Crippen LogP contribution in [0, 0.1) is 17.1 Å². The van der Waals surface area contributed by atoms with E-state index in [2.05, 4.69) is 34.4 Å². The maximum atomic E-state index is 15.1. The zero-order valence-electron chi connectivity index (χ0n) is 18.4. The topological polar surface area (TPSA) is 107 Å². The summed E-state index contributed by atoms with van der Waals surface area (Å²) in [7, 11) is 6.17. The van der Waals surface area contributed by atoms with Crippen molar-refractivity contribution in [2.24, 2.45) is 22.1 Å². The first-order chi connectivity index (χ1) is 14.8. The molecule has 0 unspecified atom stereocenters. The monoisotopic (exact) mass is 424 g/mol. The SMILES string of the molecule is [B]N(CCN(CCC)c1cc(CC(C)C)cc(F)c1C(=N)N=NN)Cc1cccnn1. The minimum absolute atomic E-state index is 0.0904. The first-order valence-corrected chi connectivity index (χ1v) is 10.4. The van der Waals surface area contributed by atoms with Crippen LogP contribution in [0.5, 0.6) is 0 Å². The van der Waals surface area contributed by atoms with Gasteiger partial charge >= 0.3 is 0 Å². The molecule has 0 amide bonds. The van der Waals surface area contributed by atoms with Gasteiger partial charge in [-0.2, -0.15) is 10.2 Å². The summed E-state index contributed by atoms with van der Waals surface area (Å²) in [5.41, 5.74) is 2.33. The van der Waals surface area contributed by atoms with Crippen LogP contribution < -0.4 is 10.7 Å². The lowest BCUT2D eigenvalue weighted by Crippen LogP contribution is -2.35. The highest BCUT2D eigenvalue weighted by Crippen LogP contribution is 2.28. The Morgan fingerprint density at radius 1 is 1.29 bits per heavy atom. The molecule has 2 rings (SSSR count). The number of hydrogen-bond donors (Lipinski definition) is 2.